The van der Waals surface area contributed by atoms with E-state index in [1.54, 1.807) is 4.90 Å². The molecule has 0 radical (unpaired) electrons. The molecule has 0 saturated carbocycles. The van der Waals surface area contributed by atoms with Gasteiger partial charge >= 0.3 is 5.97 Å². The van der Waals surface area contributed by atoms with Gasteiger partial charge in [-0.3, -0.25) is 9.59 Å². The highest BCUT2D eigenvalue weighted by molar-refractivity contribution is 5.81. The molecule has 2 fully saturated rings. The molecule has 2 aliphatic rings. The Kier molecular flexibility index (Phi) is 5.15. The molecular formula is C13H21NO5. The Labute approximate surface area is 112 Å². The van der Waals surface area contributed by atoms with Crippen LogP contribution in [-0.2, 0) is 19.1 Å². The fraction of sp³-hybridized carbons (Fsp3) is 0.846. The molecule has 2 unspecified atom stereocenters. The Morgan fingerprint density at radius 3 is 2.79 bits per heavy atom. The lowest BCUT2D eigenvalue weighted by Crippen LogP contribution is -2.51. The van der Waals surface area contributed by atoms with E-state index in [1.807, 2.05) is 0 Å². The molecule has 2 saturated heterocycles. The summed E-state index contributed by atoms with van der Waals surface area (Å²) in [5, 5.41) is 8.77. The predicted molar refractivity (Wildman–Crippen MR) is 66.8 cm³/mol. The molecule has 1 N–H and O–H groups in total. The van der Waals surface area contributed by atoms with Gasteiger partial charge in [-0.05, 0) is 25.7 Å². The van der Waals surface area contributed by atoms with E-state index in [0.29, 0.717) is 32.8 Å². The van der Waals surface area contributed by atoms with E-state index >= 15 is 0 Å². The van der Waals surface area contributed by atoms with Crippen molar-refractivity contribution in [2.24, 2.45) is 0 Å². The van der Waals surface area contributed by atoms with E-state index in [2.05, 4.69) is 0 Å². The molecular weight excluding hydrogens is 250 g/mol. The lowest BCUT2D eigenvalue weighted by Gasteiger charge is -2.38. The number of nitrogens with zero attached hydrogens (tertiary/aromatic N) is 1. The Balaban J connectivity index is 1.93. The minimum Gasteiger partial charge on any atom is -0.481 e. The Morgan fingerprint density at radius 2 is 2.11 bits per heavy atom. The van der Waals surface area contributed by atoms with Crippen LogP contribution in [0.5, 0.6) is 0 Å². The van der Waals surface area contributed by atoms with Crippen LogP contribution in [0.15, 0.2) is 0 Å². The molecule has 2 atom stereocenters. The minimum atomic E-state index is -0.810. The molecule has 0 bridgehead atoms. The quantitative estimate of drug-likeness (QED) is 0.812. The number of carbonyl (C=O) groups excluding carboxylic acids is 1. The molecule has 2 rings (SSSR count). The maximum absolute atomic E-state index is 12.4. The van der Waals surface area contributed by atoms with Crippen LogP contribution in [0, 0.1) is 0 Å². The summed E-state index contributed by atoms with van der Waals surface area (Å²) in [6.07, 6.45) is 3.02. The van der Waals surface area contributed by atoms with E-state index in [0.717, 1.165) is 19.3 Å². The van der Waals surface area contributed by atoms with Crippen molar-refractivity contribution in [2.75, 3.05) is 26.4 Å². The smallest absolute Gasteiger partial charge is 0.303 e. The van der Waals surface area contributed by atoms with Gasteiger partial charge < -0.3 is 19.5 Å². The van der Waals surface area contributed by atoms with E-state index < -0.39 is 12.1 Å². The van der Waals surface area contributed by atoms with Crippen molar-refractivity contribution < 1.29 is 24.2 Å². The minimum absolute atomic E-state index is 0.0304. The summed E-state index contributed by atoms with van der Waals surface area (Å²) in [7, 11) is 0. The lowest BCUT2D eigenvalue weighted by atomic mass is 9.97. The number of rotatable bonds is 4. The highest BCUT2D eigenvalue weighted by atomic mass is 16.6. The third-order valence-corrected chi connectivity index (χ3v) is 3.69. The normalized spacial score (nSPS) is 28.1. The highest BCUT2D eigenvalue weighted by Gasteiger charge is 2.33. The fourth-order valence-electron chi connectivity index (χ4n) is 2.70. The van der Waals surface area contributed by atoms with Gasteiger partial charge in [0.1, 0.15) is 0 Å². The molecule has 0 aromatic rings. The van der Waals surface area contributed by atoms with Crippen LogP contribution in [0.1, 0.15) is 32.1 Å². The van der Waals surface area contributed by atoms with Crippen molar-refractivity contribution >= 4 is 11.9 Å². The van der Waals surface area contributed by atoms with Crippen molar-refractivity contribution in [3.63, 3.8) is 0 Å². The molecule has 0 aromatic carbocycles. The third kappa shape index (κ3) is 3.91. The first kappa shape index (κ1) is 14.3. The number of carbonyl (C=O) groups is 2. The second-order valence-corrected chi connectivity index (χ2v) is 5.05. The zero-order valence-corrected chi connectivity index (χ0v) is 11.0. The number of carboxylic acids is 1. The summed E-state index contributed by atoms with van der Waals surface area (Å²) < 4.78 is 10.7. The van der Waals surface area contributed by atoms with Crippen LogP contribution in [0.4, 0.5) is 0 Å². The molecule has 0 aromatic heterocycles. The molecule has 0 spiro atoms. The number of amides is 1. The number of ether oxygens (including phenoxy) is 2. The molecule has 6 nitrogen and oxygen atoms in total. The molecule has 1 amide bonds. The standard InChI is InChI=1S/C13H21NO5/c15-12(16)5-4-10-3-1-2-6-14(10)13(17)11-9-18-7-8-19-11/h10-11H,1-9H2,(H,15,16). The van der Waals surface area contributed by atoms with Crippen molar-refractivity contribution in [3.05, 3.63) is 0 Å². The van der Waals surface area contributed by atoms with Gasteiger partial charge in [0.15, 0.2) is 6.10 Å². The van der Waals surface area contributed by atoms with E-state index in [4.69, 9.17) is 14.6 Å². The van der Waals surface area contributed by atoms with Crippen LogP contribution in [0.2, 0.25) is 0 Å². The summed E-state index contributed by atoms with van der Waals surface area (Å²) >= 11 is 0. The fourth-order valence-corrected chi connectivity index (χ4v) is 2.70. The summed E-state index contributed by atoms with van der Waals surface area (Å²) in [6, 6.07) is 0.0304. The van der Waals surface area contributed by atoms with Crippen molar-refractivity contribution in [1.82, 2.24) is 4.90 Å². The van der Waals surface area contributed by atoms with Gasteiger partial charge in [0, 0.05) is 19.0 Å². The molecule has 19 heavy (non-hydrogen) atoms. The summed E-state index contributed by atoms with van der Waals surface area (Å²) in [4.78, 5) is 24.9. The first-order valence-corrected chi connectivity index (χ1v) is 6.90. The second kappa shape index (κ2) is 6.86. The molecule has 0 aliphatic carbocycles. The van der Waals surface area contributed by atoms with Crippen molar-refractivity contribution in [2.45, 2.75) is 44.2 Å². The molecule has 108 valence electrons. The average molecular weight is 271 g/mol. The van der Waals surface area contributed by atoms with Crippen LogP contribution in [0.3, 0.4) is 0 Å². The van der Waals surface area contributed by atoms with Crippen molar-refractivity contribution in [1.29, 1.82) is 0 Å². The van der Waals surface area contributed by atoms with Crippen LogP contribution in [-0.4, -0.2) is 60.4 Å². The monoisotopic (exact) mass is 271 g/mol. The van der Waals surface area contributed by atoms with Crippen molar-refractivity contribution in [3.8, 4) is 0 Å². The van der Waals surface area contributed by atoms with Crippen LogP contribution in [0.25, 0.3) is 0 Å². The largest absolute Gasteiger partial charge is 0.481 e. The van der Waals surface area contributed by atoms with Gasteiger partial charge in [-0.1, -0.05) is 0 Å². The average Bonchev–Trinajstić information content (AvgIpc) is 2.45. The van der Waals surface area contributed by atoms with Gasteiger partial charge in [-0.25, -0.2) is 0 Å². The third-order valence-electron chi connectivity index (χ3n) is 3.69. The maximum atomic E-state index is 12.4. The lowest BCUT2D eigenvalue weighted by molar-refractivity contribution is -0.162. The Bertz CT molecular complexity index is 327. The van der Waals surface area contributed by atoms with Crippen LogP contribution >= 0.6 is 0 Å². The summed E-state index contributed by atoms with van der Waals surface area (Å²) in [5.74, 6) is -0.856. The Hall–Kier alpha value is -1.14. The SMILES string of the molecule is O=C(O)CCC1CCCCN1C(=O)C1COCCO1. The first-order valence-electron chi connectivity index (χ1n) is 6.90. The number of hydrogen-bond acceptors (Lipinski definition) is 4. The molecule has 6 heteroatoms. The summed E-state index contributed by atoms with van der Waals surface area (Å²) in [6.45, 7) is 1.99. The number of piperidine rings is 1. The number of likely N-dealkylation sites (tertiary alicyclic amines) is 1. The first-order chi connectivity index (χ1) is 9.18. The number of hydrogen-bond donors (Lipinski definition) is 1. The van der Waals surface area contributed by atoms with Gasteiger partial charge in [0.25, 0.3) is 5.91 Å². The molecule has 2 heterocycles. The predicted octanol–water partition coefficient (Wildman–Crippen LogP) is 0.648. The topological polar surface area (TPSA) is 76.1 Å². The van der Waals surface area contributed by atoms with E-state index in [9.17, 15) is 9.59 Å². The van der Waals surface area contributed by atoms with Gasteiger partial charge in [0.2, 0.25) is 0 Å². The zero-order valence-electron chi connectivity index (χ0n) is 11.0. The Morgan fingerprint density at radius 1 is 1.26 bits per heavy atom. The van der Waals surface area contributed by atoms with E-state index in [-0.39, 0.29) is 18.4 Å². The highest BCUT2D eigenvalue weighted by Crippen LogP contribution is 2.22. The van der Waals surface area contributed by atoms with E-state index in [1.165, 1.54) is 0 Å². The zero-order chi connectivity index (χ0) is 13.7. The number of carboxylic acid groups (broad SMARTS) is 1. The second-order valence-electron chi connectivity index (χ2n) is 5.05. The van der Waals surface area contributed by atoms with Crippen LogP contribution < -0.4 is 0 Å². The maximum Gasteiger partial charge on any atom is 0.303 e. The molecule has 2 aliphatic heterocycles. The van der Waals surface area contributed by atoms with Gasteiger partial charge in [-0.15, -0.1) is 0 Å². The van der Waals surface area contributed by atoms with Gasteiger partial charge in [-0.2, -0.15) is 0 Å². The number of aliphatic carboxylic acids is 1. The summed E-state index contributed by atoms with van der Waals surface area (Å²) in [5.41, 5.74) is 0. The van der Waals surface area contributed by atoms with Gasteiger partial charge in [0.05, 0.1) is 19.8 Å².